The molecule has 0 unspecified atom stereocenters. The van der Waals surface area contributed by atoms with Gasteiger partial charge in [-0.15, -0.1) is 0 Å². The molecule has 0 atom stereocenters. The van der Waals surface area contributed by atoms with Crippen molar-refractivity contribution in [3.05, 3.63) is 57.5 Å². The Morgan fingerprint density at radius 3 is 2.41 bits per heavy atom. The summed E-state index contributed by atoms with van der Waals surface area (Å²) in [6.07, 6.45) is -4.59. The first kappa shape index (κ1) is 16.6. The van der Waals surface area contributed by atoms with Gasteiger partial charge in [0, 0.05) is 10.2 Å². The number of amides is 2. The molecule has 2 rings (SSSR count). The number of carbonyl (C=O) groups excluding carboxylic acids is 1. The third kappa shape index (κ3) is 4.14. The maximum absolute atomic E-state index is 12.7. The van der Waals surface area contributed by atoms with Crippen LogP contribution in [0.3, 0.4) is 0 Å². The Hall–Kier alpha value is -1.73. The highest BCUT2D eigenvalue weighted by Gasteiger charge is 2.33. The molecule has 0 aliphatic carbocycles. The molecule has 0 bridgehead atoms. The largest absolute Gasteiger partial charge is 0.417 e. The van der Waals surface area contributed by atoms with Crippen molar-refractivity contribution in [3.8, 4) is 0 Å². The fourth-order valence-corrected chi connectivity index (χ4v) is 2.28. The Morgan fingerprint density at radius 1 is 1.09 bits per heavy atom. The van der Waals surface area contributed by atoms with E-state index in [2.05, 4.69) is 26.6 Å². The van der Waals surface area contributed by atoms with Gasteiger partial charge in [-0.2, -0.15) is 13.2 Å². The molecule has 22 heavy (non-hydrogen) atoms. The van der Waals surface area contributed by atoms with Crippen LogP contribution in [0.4, 0.5) is 29.3 Å². The van der Waals surface area contributed by atoms with E-state index < -0.39 is 22.8 Å². The summed E-state index contributed by atoms with van der Waals surface area (Å²) in [7, 11) is 0. The maximum atomic E-state index is 12.7. The van der Waals surface area contributed by atoms with Crippen molar-refractivity contribution in [3.63, 3.8) is 0 Å². The normalized spacial score (nSPS) is 11.1. The van der Waals surface area contributed by atoms with Crippen LogP contribution in [0.2, 0.25) is 5.02 Å². The first-order valence-electron chi connectivity index (χ1n) is 5.96. The van der Waals surface area contributed by atoms with Gasteiger partial charge in [-0.25, -0.2) is 4.79 Å². The molecular weight excluding hydrogens is 385 g/mol. The van der Waals surface area contributed by atoms with Gasteiger partial charge >= 0.3 is 12.2 Å². The molecule has 0 aliphatic heterocycles. The van der Waals surface area contributed by atoms with Gasteiger partial charge < -0.3 is 10.6 Å². The Labute approximate surface area is 137 Å². The fourth-order valence-electron chi connectivity index (χ4n) is 1.67. The van der Waals surface area contributed by atoms with Crippen molar-refractivity contribution in [1.29, 1.82) is 0 Å². The molecule has 0 saturated carbocycles. The standard InChI is InChI=1S/C14H9BrClF3N2O/c15-10-3-1-2-4-12(10)21-13(22)20-8-5-6-11(16)9(7-8)14(17,18)19/h1-7H,(H2,20,21,22). The van der Waals surface area contributed by atoms with Crippen LogP contribution in [0.15, 0.2) is 46.9 Å². The minimum atomic E-state index is -4.59. The number of carbonyl (C=O) groups is 1. The second-order valence-corrected chi connectivity index (χ2v) is 5.51. The van der Waals surface area contributed by atoms with Crippen molar-refractivity contribution in [2.45, 2.75) is 6.18 Å². The SMILES string of the molecule is O=C(Nc1ccc(Cl)c(C(F)(F)F)c1)Nc1ccccc1Br. The summed E-state index contributed by atoms with van der Waals surface area (Å²) in [5.74, 6) is 0. The van der Waals surface area contributed by atoms with Crippen molar-refractivity contribution < 1.29 is 18.0 Å². The molecule has 0 aromatic heterocycles. The van der Waals surface area contributed by atoms with Gasteiger partial charge in [0.05, 0.1) is 16.3 Å². The van der Waals surface area contributed by atoms with E-state index in [-0.39, 0.29) is 5.69 Å². The van der Waals surface area contributed by atoms with Crippen LogP contribution in [0.25, 0.3) is 0 Å². The van der Waals surface area contributed by atoms with Gasteiger partial charge in [-0.1, -0.05) is 23.7 Å². The summed E-state index contributed by atoms with van der Waals surface area (Å²) in [4.78, 5) is 11.8. The zero-order valence-corrected chi connectivity index (χ0v) is 13.2. The lowest BCUT2D eigenvalue weighted by atomic mass is 10.2. The van der Waals surface area contributed by atoms with Gasteiger partial charge in [-0.05, 0) is 46.3 Å². The molecule has 3 nitrogen and oxygen atoms in total. The third-order valence-electron chi connectivity index (χ3n) is 2.65. The highest BCUT2D eigenvalue weighted by atomic mass is 79.9. The maximum Gasteiger partial charge on any atom is 0.417 e. The average molecular weight is 394 g/mol. The number of benzene rings is 2. The van der Waals surface area contributed by atoms with Crippen LogP contribution in [-0.4, -0.2) is 6.03 Å². The lowest BCUT2D eigenvalue weighted by Crippen LogP contribution is -2.20. The van der Waals surface area contributed by atoms with E-state index in [1.165, 1.54) is 6.07 Å². The number of anilines is 2. The topological polar surface area (TPSA) is 41.1 Å². The van der Waals surface area contributed by atoms with Crippen molar-refractivity contribution in [2.75, 3.05) is 10.6 Å². The Bertz CT molecular complexity index is 707. The monoisotopic (exact) mass is 392 g/mol. The summed E-state index contributed by atoms with van der Waals surface area (Å²) in [5, 5.41) is 4.42. The molecule has 8 heteroatoms. The van der Waals surface area contributed by atoms with E-state index in [0.29, 0.717) is 10.2 Å². The Morgan fingerprint density at radius 2 is 1.77 bits per heavy atom. The first-order chi connectivity index (χ1) is 10.3. The fraction of sp³-hybridized carbons (Fsp3) is 0.0714. The van der Waals surface area contributed by atoms with Crippen LogP contribution in [-0.2, 0) is 6.18 Å². The second-order valence-electron chi connectivity index (χ2n) is 4.25. The number of alkyl halides is 3. The smallest absolute Gasteiger partial charge is 0.308 e. The molecule has 0 aliphatic rings. The van der Waals surface area contributed by atoms with Gasteiger partial charge in [-0.3, -0.25) is 0 Å². The number of rotatable bonds is 2. The average Bonchev–Trinajstić information content (AvgIpc) is 2.42. The summed E-state index contributed by atoms with van der Waals surface area (Å²) in [6.45, 7) is 0. The molecule has 2 amide bonds. The second kappa shape index (κ2) is 6.58. The molecule has 2 aromatic carbocycles. The zero-order chi connectivity index (χ0) is 16.3. The molecule has 0 fully saturated rings. The van der Waals surface area contributed by atoms with Crippen LogP contribution in [0.5, 0.6) is 0 Å². The van der Waals surface area contributed by atoms with E-state index in [4.69, 9.17) is 11.6 Å². The number of para-hydroxylation sites is 1. The van der Waals surface area contributed by atoms with Crippen LogP contribution < -0.4 is 10.6 Å². The predicted octanol–water partition coefficient (Wildman–Crippen LogP) is 5.77. The Kier molecular flexibility index (Phi) is 4.97. The van der Waals surface area contributed by atoms with Crippen LogP contribution >= 0.6 is 27.5 Å². The molecule has 116 valence electrons. The number of urea groups is 1. The summed E-state index contributed by atoms with van der Waals surface area (Å²) >= 11 is 8.76. The van der Waals surface area contributed by atoms with E-state index in [1.807, 2.05) is 0 Å². The van der Waals surface area contributed by atoms with Crippen LogP contribution in [0.1, 0.15) is 5.56 Å². The predicted molar refractivity (Wildman–Crippen MR) is 83.2 cm³/mol. The van der Waals surface area contributed by atoms with Gasteiger partial charge in [0.15, 0.2) is 0 Å². The number of hydrogen-bond donors (Lipinski definition) is 2. The summed E-state index contributed by atoms with van der Waals surface area (Å²) in [5.41, 5.74) is -0.529. The lowest BCUT2D eigenvalue weighted by molar-refractivity contribution is -0.137. The highest BCUT2D eigenvalue weighted by molar-refractivity contribution is 9.10. The number of hydrogen-bond acceptors (Lipinski definition) is 1. The minimum Gasteiger partial charge on any atom is -0.308 e. The minimum absolute atomic E-state index is 0.0127. The lowest BCUT2D eigenvalue weighted by Gasteiger charge is -2.12. The van der Waals surface area contributed by atoms with E-state index in [1.54, 1.807) is 24.3 Å². The number of halogens is 5. The van der Waals surface area contributed by atoms with Crippen molar-refractivity contribution >= 4 is 44.9 Å². The third-order valence-corrected chi connectivity index (χ3v) is 3.67. The quantitative estimate of drug-likeness (QED) is 0.668. The first-order valence-corrected chi connectivity index (χ1v) is 7.14. The Balaban J connectivity index is 2.14. The van der Waals surface area contributed by atoms with Crippen molar-refractivity contribution in [1.82, 2.24) is 0 Å². The molecule has 0 heterocycles. The number of nitrogens with one attached hydrogen (secondary N) is 2. The van der Waals surface area contributed by atoms with E-state index >= 15 is 0 Å². The van der Waals surface area contributed by atoms with Gasteiger partial charge in [0.25, 0.3) is 0 Å². The zero-order valence-electron chi connectivity index (χ0n) is 10.8. The molecule has 2 aromatic rings. The molecular formula is C14H9BrClF3N2O. The molecule has 0 spiro atoms. The molecule has 0 radical (unpaired) electrons. The summed E-state index contributed by atoms with van der Waals surface area (Å²) < 4.78 is 38.9. The van der Waals surface area contributed by atoms with Crippen molar-refractivity contribution in [2.24, 2.45) is 0 Å². The van der Waals surface area contributed by atoms with Crippen LogP contribution in [0, 0.1) is 0 Å². The van der Waals surface area contributed by atoms with E-state index in [9.17, 15) is 18.0 Å². The molecule has 2 N–H and O–H groups in total. The van der Waals surface area contributed by atoms with Gasteiger partial charge in [0.2, 0.25) is 0 Å². The van der Waals surface area contributed by atoms with Gasteiger partial charge in [0.1, 0.15) is 0 Å². The highest BCUT2D eigenvalue weighted by Crippen LogP contribution is 2.36. The van der Waals surface area contributed by atoms with E-state index in [0.717, 1.165) is 12.1 Å². The summed E-state index contributed by atoms with van der Waals surface area (Å²) in [6, 6.07) is 9.33. The molecule has 0 saturated heterocycles.